The van der Waals surface area contributed by atoms with Crippen LogP contribution in [0.25, 0.3) is 0 Å². The van der Waals surface area contributed by atoms with Crippen molar-refractivity contribution in [1.29, 1.82) is 0 Å². The second-order valence-electron chi connectivity index (χ2n) is 8.43. The number of benzene rings is 1. The molecule has 1 nitrogen and oxygen atoms in total. The van der Waals surface area contributed by atoms with Gasteiger partial charge in [0.1, 0.15) is 5.75 Å². The molecule has 0 radical (unpaired) electrons. The summed E-state index contributed by atoms with van der Waals surface area (Å²) < 4.78 is 0. The smallest absolute Gasteiger partial charge is 0.119 e. The molecule has 1 heteroatoms. The van der Waals surface area contributed by atoms with Crippen LogP contribution in [0.2, 0.25) is 0 Å². The molecule has 0 fully saturated rings. The zero-order chi connectivity index (χ0) is 14.6. The molecule has 0 unspecified atom stereocenters. The first-order chi connectivity index (χ1) is 8.45. The van der Waals surface area contributed by atoms with Crippen LogP contribution in [-0.2, 0) is 16.2 Å². The van der Waals surface area contributed by atoms with Crippen molar-refractivity contribution in [1.82, 2.24) is 0 Å². The predicted molar refractivity (Wildman–Crippen MR) is 82.1 cm³/mol. The van der Waals surface area contributed by atoms with E-state index in [9.17, 15) is 5.11 Å². The van der Waals surface area contributed by atoms with Crippen LogP contribution in [0.3, 0.4) is 0 Å². The summed E-state index contributed by atoms with van der Waals surface area (Å²) in [7, 11) is 0. The van der Waals surface area contributed by atoms with E-state index in [4.69, 9.17) is 0 Å². The molecule has 2 rings (SSSR count). The summed E-state index contributed by atoms with van der Waals surface area (Å²) in [5, 5.41) is 10.4. The quantitative estimate of drug-likeness (QED) is 0.693. The molecule has 0 aromatic heterocycles. The van der Waals surface area contributed by atoms with Crippen LogP contribution in [0.4, 0.5) is 0 Å². The van der Waals surface area contributed by atoms with Crippen molar-refractivity contribution in [3.63, 3.8) is 0 Å². The maximum Gasteiger partial charge on any atom is 0.119 e. The molecule has 0 atom stereocenters. The minimum absolute atomic E-state index is 0.0171. The van der Waals surface area contributed by atoms with E-state index in [2.05, 4.69) is 54.5 Å². The lowest BCUT2D eigenvalue weighted by Gasteiger charge is -2.42. The van der Waals surface area contributed by atoms with Gasteiger partial charge >= 0.3 is 0 Å². The number of phenols is 1. The van der Waals surface area contributed by atoms with Crippen LogP contribution in [0.5, 0.6) is 5.75 Å². The molecule has 1 aromatic carbocycles. The second-order valence-corrected chi connectivity index (χ2v) is 8.43. The molecule has 0 heterocycles. The average molecular weight is 260 g/mol. The van der Waals surface area contributed by atoms with Crippen LogP contribution in [0.1, 0.15) is 78.0 Å². The normalized spacial score (nSPS) is 21.0. The number of fused-ring (bicyclic) bond motifs is 1. The molecular formula is C18H28O. The lowest BCUT2D eigenvalue weighted by atomic mass is 9.62. The monoisotopic (exact) mass is 260 g/mol. The highest BCUT2D eigenvalue weighted by atomic mass is 16.3. The first-order valence-electron chi connectivity index (χ1n) is 7.34. The van der Waals surface area contributed by atoms with E-state index in [-0.39, 0.29) is 16.2 Å². The summed E-state index contributed by atoms with van der Waals surface area (Å²) in [5.74, 6) is 0.456. The Bertz CT molecular complexity index is 501. The van der Waals surface area contributed by atoms with Crippen LogP contribution in [-0.4, -0.2) is 5.11 Å². The molecule has 1 aliphatic rings. The summed E-state index contributed by atoms with van der Waals surface area (Å²) in [4.78, 5) is 0. The van der Waals surface area contributed by atoms with E-state index in [0.29, 0.717) is 5.75 Å². The molecule has 1 aliphatic carbocycles. The first kappa shape index (κ1) is 14.4. The van der Waals surface area contributed by atoms with Gasteiger partial charge in [-0.15, -0.1) is 0 Å². The highest BCUT2D eigenvalue weighted by molar-refractivity contribution is 5.51. The Balaban J connectivity index is 2.72. The number of hydrogen-bond donors (Lipinski definition) is 1. The van der Waals surface area contributed by atoms with E-state index >= 15 is 0 Å². The molecule has 0 amide bonds. The lowest BCUT2D eigenvalue weighted by Crippen LogP contribution is -2.34. The number of aromatic hydroxyl groups is 1. The third-order valence-electron chi connectivity index (χ3n) is 4.78. The van der Waals surface area contributed by atoms with E-state index < -0.39 is 0 Å². The highest BCUT2D eigenvalue weighted by Crippen LogP contribution is 2.48. The molecule has 0 spiro atoms. The number of rotatable bonds is 0. The van der Waals surface area contributed by atoms with Gasteiger partial charge in [-0.25, -0.2) is 0 Å². The first-order valence-corrected chi connectivity index (χ1v) is 7.34. The minimum atomic E-state index is -0.0171. The number of phenolic OH excluding ortho intramolecular Hbond substituents is 1. The summed E-state index contributed by atoms with van der Waals surface area (Å²) in [6.45, 7) is 15.7. The maximum atomic E-state index is 10.4. The molecule has 0 saturated carbocycles. The van der Waals surface area contributed by atoms with Crippen molar-refractivity contribution in [2.45, 2.75) is 77.6 Å². The van der Waals surface area contributed by atoms with Crippen LogP contribution in [0.15, 0.2) is 12.1 Å². The fraction of sp³-hybridized carbons (Fsp3) is 0.667. The SMILES string of the molecule is CC(C)(C)c1cc2c(cc1O)C(C)(C)CCC2(C)C. The standard InChI is InChI=1S/C18H28O/c1-16(2,3)14-10-12-13(11-15(14)19)18(6,7)9-8-17(12,4)5/h10-11,19H,8-9H2,1-7H3. The van der Waals surface area contributed by atoms with E-state index in [1.54, 1.807) is 0 Å². The zero-order valence-corrected chi connectivity index (χ0v) is 13.5. The molecule has 0 aliphatic heterocycles. The maximum absolute atomic E-state index is 10.4. The van der Waals surface area contributed by atoms with Gasteiger partial charge in [0.2, 0.25) is 0 Å². The molecular weight excluding hydrogens is 232 g/mol. The highest BCUT2D eigenvalue weighted by Gasteiger charge is 2.38. The summed E-state index contributed by atoms with van der Waals surface area (Å²) in [5.41, 5.74) is 4.17. The van der Waals surface area contributed by atoms with Crippen molar-refractivity contribution >= 4 is 0 Å². The van der Waals surface area contributed by atoms with E-state index in [1.807, 2.05) is 6.07 Å². The van der Waals surface area contributed by atoms with Crippen LogP contribution < -0.4 is 0 Å². The minimum Gasteiger partial charge on any atom is -0.508 e. The molecule has 1 N–H and O–H groups in total. The van der Waals surface area contributed by atoms with Gasteiger partial charge in [-0.1, -0.05) is 54.5 Å². The lowest BCUT2D eigenvalue weighted by molar-refractivity contribution is 0.328. The van der Waals surface area contributed by atoms with Gasteiger partial charge in [-0.2, -0.15) is 0 Å². The Morgan fingerprint density at radius 1 is 0.895 bits per heavy atom. The van der Waals surface area contributed by atoms with Gasteiger partial charge in [0.05, 0.1) is 0 Å². The largest absolute Gasteiger partial charge is 0.508 e. The van der Waals surface area contributed by atoms with Crippen molar-refractivity contribution in [2.75, 3.05) is 0 Å². The third-order valence-corrected chi connectivity index (χ3v) is 4.78. The van der Waals surface area contributed by atoms with Gasteiger partial charge < -0.3 is 5.11 Å². The van der Waals surface area contributed by atoms with Crippen molar-refractivity contribution in [2.24, 2.45) is 0 Å². The van der Waals surface area contributed by atoms with Gasteiger partial charge in [0, 0.05) is 0 Å². The van der Waals surface area contributed by atoms with Gasteiger partial charge in [-0.3, -0.25) is 0 Å². The van der Waals surface area contributed by atoms with Crippen molar-refractivity contribution in [3.05, 3.63) is 28.8 Å². The predicted octanol–water partition coefficient (Wildman–Crippen LogP) is 5.04. The summed E-state index contributed by atoms with van der Waals surface area (Å²) in [6, 6.07) is 4.28. The van der Waals surface area contributed by atoms with Crippen molar-refractivity contribution < 1.29 is 5.11 Å². The molecule has 106 valence electrons. The average Bonchev–Trinajstić information content (AvgIpc) is 2.23. The van der Waals surface area contributed by atoms with Gasteiger partial charge in [0.15, 0.2) is 0 Å². The Kier molecular flexibility index (Phi) is 3.04. The van der Waals surface area contributed by atoms with Crippen LogP contribution >= 0.6 is 0 Å². The molecule has 0 bridgehead atoms. The number of hydrogen-bond acceptors (Lipinski definition) is 1. The summed E-state index contributed by atoms with van der Waals surface area (Å²) >= 11 is 0. The Hall–Kier alpha value is -0.980. The molecule has 19 heavy (non-hydrogen) atoms. The summed E-state index contributed by atoms with van der Waals surface area (Å²) in [6.07, 6.45) is 2.39. The van der Waals surface area contributed by atoms with Crippen LogP contribution in [0, 0.1) is 0 Å². The third kappa shape index (κ3) is 2.40. The fourth-order valence-electron chi connectivity index (χ4n) is 3.20. The Morgan fingerprint density at radius 2 is 1.32 bits per heavy atom. The molecule has 1 aromatic rings. The fourth-order valence-corrected chi connectivity index (χ4v) is 3.20. The van der Waals surface area contributed by atoms with Gasteiger partial charge in [-0.05, 0) is 51.8 Å². The topological polar surface area (TPSA) is 20.2 Å². The second kappa shape index (κ2) is 4.01. The Morgan fingerprint density at radius 3 is 1.74 bits per heavy atom. The molecule has 0 saturated heterocycles. The van der Waals surface area contributed by atoms with E-state index in [0.717, 1.165) is 5.56 Å². The van der Waals surface area contributed by atoms with Crippen molar-refractivity contribution in [3.8, 4) is 5.75 Å². The zero-order valence-electron chi connectivity index (χ0n) is 13.5. The van der Waals surface area contributed by atoms with E-state index in [1.165, 1.54) is 24.0 Å². The van der Waals surface area contributed by atoms with Gasteiger partial charge in [0.25, 0.3) is 0 Å². The Labute approximate surface area is 118 Å².